The highest BCUT2D eigenvalue weighted by molar-refractivity contribution is 5.75. The molecule has 1 aromatic carbocycles. The number of urea groups is 1. The van der Waals surface area contributed by atoms with Crippen molar-refractivity contribution in [2.24, 2.45) is 5.92 Å². The fourth-order valence-corrected chi connectivity index (χ4v) is 3.15. The third-order valence-electron chi connectivity index (χ3n) is 4.40. The van der Waals surface area contributed by atoms with E-state index in [1.54, 1.807) is 0 Å². The van der Waals surface area contributed by atoms with Gasteiger partial charge in [0.1, 0.15) is 6.10 Å². The molecule has 1 aliphatic carbocycles. The normalized spacial score (nSPS) is 29.0. The first kappa shape index (κ1) is 16.9. The molecule has 1 fully saturated rings. The minimum atomic E-state index is -0.933. The number of rotatable bonds is 4. The Hall–Kier alpha value is -1.99. The van der Waals surface area contributed by atoms with Crippen LogP contribution in [-0.4, -0.2) is 36.4 Å². The van der Waals surface area contributed by atoms with E-state index in [4.69, 9.17) is 9.84 Å². The molecule has 3 N–H and O–H groups in total. The third-order valence-corrected chi connectivity index (χ3v) is 4.40. The van der Waals surface area contributed by atoms with Crippen LogP contribution in [0, 0.1) is 17.6 Å². The van der Waals surface area contributed by atoms with E-state index in [0.29, 0.717) is 25.0 Å². The summed E-state index contributed by atoms with van der Waals surface area (Å²) in [6.07, 6.45) is 4.50. The van der Waals surface area contributed by atoms with E-state index >= 15 is 0 Å². The number of carbonyl (C=O) groups is 1. The van der Waals surface area contributed by atoms with Crippen LogP contribution in [0.15, 0.2) is 30.4 Å². The molecule has 0 spiro atoms. The zero-order valence-corrected chi connectivity index (χ0v) is 13.0. The predicted molar refractivity (Wildman–Crippen MR) is 83.2 cm³/mol. The van der Waals surface area contributed by atoms with Crippen LogP contribution in [0.2, 0.25) is 0 Å². The lowest BCUT2D eigenvalue weighted by Crippen LogP contribution is -2.46. The van der Waals surface area contributed by atoms with Gasteiger partial charge in [-0.15, -0.1) is 0 Å². The van der Waals surface area contributed by atoms with Crippen molar-refractivity contribution in [1.29, 1.82) is 0 Å². The molecule has 3 rings (SSSR count). The molecular formula is C17H20F2N2O3. The highest BCUT2D eigenvalue weighted by Gasteiger charge is 2.32. The Kier molecular flexibility index (Phi) is 5.11. The van der Waals surface area contributed by atoms with E-state index < -0.39 is 17.7 Å². The molecule has 2 amide bonds. The zero-order valence-electron chi connectivity index (χ0n) is 13.0. The number of ether oxygens (including phenoxy) is 1. The lowest BCUT2D eigenvalue weighted by molar-refractivity contribution is 0.0995. The lowest BCUT2D eigenvalue weighted by atomic mass is 10.0. The topological polar surface area (TPSA) is 70.6 Å². The summed E-state index contributed by atoms with van der Waals surface area (Å²) in [4.78, 5) is 12.1. The van der Waals surface area contributed by atoms with Crippen molar-refractivity contribution in [1.82, 2.24) is 10.6 Å². The first-order chi connectivity index (χ1) is 11.6. The van der Waals surface area contributed by atoms with Gasteiger partial charge in [-0.25, -0.2) is 13.6 Å². The van der Waals surface area contributed by atoms with Crippen LogP contribution in [-0.2, 0) is 4.74 Å². The number of amides is 2. The Morgan fingerprint density at radius 2 is 2.08 bits per heavy atom. The molecule has 0 aromatic heterocycles. The van der Waals surface area contributed by atoms with Crippen molar-refractivity contribution in [2.75, 3.05) is 13.2 Å². The fraction of sp³-hybridized carbons (Fsp3) is 0.471. The highest BCUT2D eigenvalue weighted by atomic mass is 19.2. The monoisotopic (exact) mass is 338 g/mol. The molecule has 1 heterocycles. The third kappa shape index (κ3) is 3.73. The summed E-state index contributed by atoms with van der Waals surface area (Å²) in [6.45, 7) is 0.496. The van der Waals surface area contributed by atoms with E-state index in [1.807, 2.05) is 12.2 Å². The van der Waals surface area contributed by atoms with Gasteiger partial charge in [0.25, 0.3) is 0 Å². The number of carbonyl (C=O) groups excluding carboxylic acids is 1. The molecule has 5 nitrogen and oxygen atoms in total. The molecule has 1 saturated heterocycles. The average molecular weight is 338 g/mol. The number of aliphatic hydroxyl groups is 1. The smallest absolute Gasteiger partial charge is 0.315 e. The molecule has 130 valence electrons. The number of aliphatic hydroxyl groups excluding tert-OH is 1. The first-order valence-corrected chi connectivity index (χ1v) is 7.99. The van der Waals surface area contributed by atoms with Crippen molar-refractivity contribution in [3.05, 3.63) is 47.5 Å². The SMILES string of the molecule is O=C(NC1CCOC1c1ccc(F)c(F)c1)N[C@@H]1C=C[C@H](CO)C1. The minimum Gasteiger partial charge on any atom is -0.396 e. The summed E-state index contributed by atoms with van der Waals surface area (Å²) in [5.41, 5.74) is 0.498. The molecule has 0 bridgehead atoms. The van der Waals surface area contributed by atoms with E-state index in [-0.39, 0.29) is 30.6 Å². The second-order valence-electron chi connectivity index (χ2n) is 6.15. The van der Waals surface area contributed by atoms with E-state index in [0.717, 1.165) is 12.1 Å². The molecule has 24 heavy (non-hydrogen) atoms. The molecule has 0 saturated carbocycles. The zero-order chi connectivity index (χ0) is 17.1. The maximum absolute atomic E-state index is 13.4. The molecular weight excluding hydrogens is 318 g/mol. The number of halogens is 2. The number of benzene rings is 1. The second kappa shape index (κ2) is 7.27. The van der Waals surface area contributed by atoms with Gasteiger partial charge in [-0.2, -0.15) is 0 Å². The molecule has 7 heteroatoms. The minimum absolute atomic E-state index is 0.0605. The van der Waals surface area contributed by atoms with Gasteiger partial charge in [0.15, 0.2) is 11.6 Å². The fourth-order valence-electron chi connectivity index (χ4n) is 3.15. The van der Waals surface area contributed by atoms with Gasteiger partial charge < -0.3 is 20.5 Å². The number of hydrogen-bond acceptors (Lipinski definition) is 3. The van der Waals surface area contributed by atoms with Gasteiger partial charge in [-0.3, -0.25) is 0 Å². The summed E-state index contributed by atoms with van der Waals surface area (Å²) in [5, 5.41) is 14.8. The van der Waals surface area contributed by atoms with Crippen LogP contribution in [0.5, 0.6) is 0 Å². The predicted octanol–water partition coefficient (Wildman–Crippen LogP) is 2.03. The van der Waals surface area contributed by atoms with Crippen LogP contribution in [0.1, 0.15) is 24.5 Å². The molecule has 1 aromatic rings. The van der Waals surface area contributed by atoms with Crippen molar-refractivity contribution >= 4 is 6.03 Å². The second-order valence-corrected chi connectivity index (χ2v) is 6.15. The molecule has 0 radical (unpaired) electrons. The maximum Gasteiger partial charge on any atom is 0.315 e. The molecule has 2 aliphatic rings. The Bertz CT molecular complexity index is 638. The van der Waals surface area contributed by atoms with Crippen molar-refractivity contribution in [3.63, 3.8) is 0 Å². The van der Waals surface area contributed by atoms with Crippen LogP contribution < -0.4 is 10.6 Å². The van der Waals surface area contributed by atoms with Gasteiger partial charge in [0, 0.05) is 25.2 Å². The van der Waals surface area contributed by atoms with Crippen molar-refractivity contribution < 1.29 is 23.4 Å². The van der Waals surface area contributed by atoms with E-state index in [9.17, 15) is 13.6 Å². The molecule has 2 unspecified atom stereocenters. The summed E-state index contributed by atoms with van der Waals surface area (Å²) in [5.74, 6) is -1.78. The summed E-state index contributed by atoms with van der Waals surface area (Å²) >= 11 is 0. The highest BCUT2D eigenvalue weighted by Crippen LogP contribution is 2.30. The first-order valence-electron chi connectivity index (χ1n) is 7.99. The number of nitrogens with one attached hydrogen (secondary N) is 2. The van der Waals surface area contributed by atoms with Gasteiger partial charge in [-0.05, 0) is 30.5 Å². The summed E-state index contributed by atoms with van der Waals surface area (Å²) in [6, 6.07) is 2.85. The summed E-state index contributed by atoms with van der Waals surface area (Å²) < 4.78 is 32.0. The largest absolute Gasteiger partial charge is 0.396 e. The number of hydrogen-bond donors (Lipinski definition) is 3. The quantitative estimate of drug-likeness (QED) is 0.736. The van der Waals surface area contributed by atoms with Crippen LogP contribution in [0.3, 0.4) is 0 Å². The van der Waals surface area contributed by atoms with Crippen molar-refractivity contribution in [3.8, 4) is 0 Å². The van der Waals surface area contributed by atoms with Crippen LogP contribution >= 0.6 is 0 Å². The van der Waals surface area contributed by atoms with Crippen LogP contribution in [0.25, 0.3) is 0 Å². The summed E-state index contributed by atoms with van der Waals surface area (Å²) in [7, 11) is 0. The van der Waals surface area contributed by atoms with Gasteiger partial charge in [-0.1, -0.05) is 18.2 Å². The molecule has 1 aliphatic heterocycles. The van der Waals surface area contributed by atoms with Crippen LogP contribution in [0.4, 0.5) is 13.6 Å². The van der Waals surface area contributed by atoms with E-state index in [2.05, 4.69) is 10.6 Å². The van der Waals surface area contributed by atoms with Gasteiger partial charge in [0.2, 0.25) is 0 Å². The Morgan fingerprint density at radius 3 is 2.79 bits per heavy atom. The molecule has 4 atom stereocenters. The van der Waals surface area contributed by atoms with Crippen molar-refractivity contribution in [2.45, 2.75) is 31.0 Å². The standard InChI is InChI=1S/C17H20F2N2O3/c18-13-4-2-11(8-14(13)19)16-15(5-6-24-16)21-17(23)20-12-3-1-10(7-12)9-22/h1-4,8,10,12,15-16,22H,5-7,9H2,(H2,20,21,23)/t10-,12+,15?,16?/m0/s1. The van der Waals surface area contributed by atoms with E-state index in [1.165, 1.54) is 6.07 Å². The van der Waals surface area contributed by atoms with Gasteiger partial charge in [0.05, 0.1) is 6.04 Å². The Balaban J connectivity index is 1.58. The Labute approximate surface area is 138 Å². The van der Waals surface area contributed by atoms with Gasteiger partial charge >= 0.3 is 6.03 Å². The lowest BCUT2D eigenvalue weighted by Gasteiger charge is -2.22. The average Bonchev–Trinajstić information content (AvgIpc) is 3.19. The maximum atomic E-state index is 13.4. The Morgan fingerprint density at radius 1 is 1.25 bits per heavy atom.